The van der Waals surface area contributed by atoms with Crippen LogP contribution in [0, 0.1) is 11.3 Å². The lowest BCUT2D eigenvalue weighted by molar-refractivity contribution is -0.178. The summed E-state index contributed by atoms with van der Waals surface area (Å²) in [6.45, 7) is 8.72. The Bertz CT molecular complexity index is 277. The molecule has 1 fully saturated rings. The zero-order valence-electron chi connectivity index (χ0n) is 12.5. The molecule has 0 aliphatic heterocycles. The molecule has 18 heavy (non-hydrogen) atoms. The first-order valence-electron chi connectivity index (χ1n) is 7.10. The lowest BCUT2D eigenvalue weighted by Gasteiger charge is -2.37. The maximum absolute atomic E-state index is 12.3. The van der Waals surface area contributed by atoms with Crippen LogP contribution in [0.2, 0.25) is 0 Å². The number of ether oxygens (including phenoxy) is 2. The number of rotatable bonds is 6. The average molecular weight is 256 g/mol. The standard InChI is InChI=1S/C15H28O3/c1-6-14(3,4)13(16)18-15(9-7-8-10-15)12(2)11-17-5/h12H,6-11H2,1-5H3. The predicted molar refractivity (Wildman–Crippen MR) is 72.4 cm³/mol. The van der Waals surface area contributed by atoms with E-state index in [2.05, 4.69) is 6.92 Å². The Morgan fingerprint density at radius 2 is 1.89 bits per heavy atom. The van der Waals surface area contributed by atoms with E-state index >= 15 is 0 Å². The molecule has 1 unspecified atom stereocenters. The molecule has 3 heteroatoms. The third-order valence-electron chi connectivity index (χ3n) is 4.50. The summed E-state index contributed by atoms with van der Waals surface area (Å²) in [5, 5.41) is 0. The van der Waals surface area contributed by atoms with E-state index in [4.69, 9.17) is 9.47 Å². The SMILES string of the molecule is CCC(C)(C)C(=O)OC1(C(C)COC)CCCC1. The van der Waals surface area contributed by atoms with Crippen LogP contribution in [0.5, 0.6) is 0 Å². The van der Waals surface area contributed by atoms with Crippen molar-refractivity contribution in [2.45, 2.75) is 65.4 Å². The van der Waals surface area contributed by atoms with Gasteiger partial charge in [-0.25, -0.2) is 0 Å². The molecule has 3 nitrogen and oxygen atoms in total. The van der Waals surface area contributed by atoms with Crippen LogP contribution >= 0.6 is 0 Å². The Morgan fingerprint density at radius 3 is 2.33 bits per heavy atom. The van der Waals surface area contributed by atoms with Crippen molar-refractivity contribution in [2.24, 2.45) is 11.3 Å². The monoisotopic (exact) mass is 256 g/mol. The Hall–Kier alpha value is -0.570. The average Bonchev–Trinajstić information content (AvgIpc) is 2.79. The van der Waals surface area contributed by atoms with Crippen molar-refractivity contribution >= 4 is 5.97 Å². The van der Waals surface area contributed by atoms with Crippen LogP contribution < -0.4 is 0 Å². The topological polar surface area (TPSA) is 35.5 Å². The third kappa shape index (κ3) is 3.25. The second-order valence-electron chi connectivity index (χ2n) is 6.26. The first-order valence-corrected chi connectivity index (χ1v) is 7.10. The quantitative estimate of drug-likeness (QED) is 0.682. The molecule has 0 N–H and O–H groups in total. The van der Waals surface area contributed by atoms with E-state index in [9.17, 15) is 4.79 Å². The van der Waals surface area contributed by atoms with Crippen LogP contribution in [-0.2, 0) is 14.3 Å². The summed E-state index contributed by atoms with van der Waals surface area (Å²) in [4.78, 5) is 12.3. The van der Waals surface area contributed by atoms with E-state index in [0.717, 1.165) is 32.1 Å². The van der Waals surface area contributed by atoms with E-state index in [0.29, 0.717) is 6.61 Å². The summed E-state index contributed by atoms with van der Waals surface area (Å²) in [7, 11) is 1.71. The smallest absolute Gasteiger partial charge is 0.312 e. The fraction of sp³-hybridized carbons (Fsp3) is 0.933. The van der Waals surface area contributed by atoms with Gasteiger partial charge in [0.15, 0.2) is 0 Å². The number of carbonyl (C=O) groups excluding carboxylic acids is 1. The number of hydrogen-bond donors (Lipinski definition) is 0. The van der Waals surface area contributed by atoms with Crippen molar-refractivity contribution in [1.29, 1.82) is 0 Å². The van der Waals surface area contributed by atoms with Crippen LogP contribution in [0.15, 0.2) is 0 Å². The fourth-order valence-corrected chi connectivity index (χ4v) is 2.54. The van der Waals surface area contributed by atoms with Gasteiger partial charge in [-0.05, 0) is 46.0 Å². The number of esters is 1. The molecule has 0 aromatic rings. The van der Waals surface area contributed by atoms with Crippen molar-refractivity contribution in [1.82, 2.24) is 0 Å². The fourth-order valence-electron chi connectivity index (χ4n) is 2.54. The highest BCUT2D eigenvalue weighted by molar-refractivity contribution is 5.76. The highest BCUT2D eigenvalue weighted by Crippen LogP contribution is 2.41. The lowest BCUT2D eigenvalue weighted by Crippen LogP contribution is -2.44. The summed E-state index contributed by atoms with van der Waals surface area (Å²) in [6, 6.07) is 0. The Balaban J connectivity index is 2.77. The number of carbonyl (C=O) groups is 1. The molecule has 1 aliphatic carbocycles. The van der Waals surface area contributed by atoms with E-state index in [1.807, 2.05) is 20.8 Å². The van der Waals surface area contributed by atoms with Gasteiger partial charge in [-0.1, -0.05) is 13.8 Å². The molecule has 1 atom stereocenters. The molecule has 0 saturated heterocycles. The number of hydrogen-bond acceptors (Lipinski definition) is 3. The molecule has 106 valence electrons. The molecule has 0 heterocycles. The second kappa shape index (κ2) is 6.05. The summed E-state index contributed by atoms with van der Waals surface area (Å²) in [5.41, 5.74) is -0.679. The highest BCUT2D eigenvalue weighted by atomic mass is 16.6. The molecule has 0 spiro atoms. The number of methoxy groups -OCH3 is 1. The van der Waals surface area contributed by atoms with E-state index in [1.54, 1.807) is 7.11 Å². The summed E-state index contributed by atoms with van der Waals surface area (Å²) >= 11 is 0. The maximum atomic E-state index is 12.3. The maximum Gasteiger partial charge on any atom is 0.312 e. The van der Waals surface area contributed by atoms with Gasteiger partial charge in [0.05, 0.1) is 12.0 Å². The van der Waals surface area contributed by atoms with Crippen LogP contribution in [0.25, 0.3) is 0 Å². The van der Waals surface area contributed by atoms with Gasteiger partial charge in [-0.2, -0.15) is 0 Å². The highest BCUT2D eigenvalue weighted by Gasteiger charge is 2.44. The molecule has 0 bridgehead atoms. The Kier molecular flexibility index (Phi) is 5.20. The Labute approximate surface area is 111 Å². The first-order chi connectivity index (χ1) is 8.38. The zero-order chi connectivity index (χ0) is 13.8. The molecular formula is C15H28O3. The largest absolute Gasteiger partial charge is 0.458 e. The molecular weight excluding hydrogens is 228 g/mol. The third-order valence-corrected chi connectivity index (χ3v) is 4.50. The van der Waals surface area contributed by atoms with Crippen LogP contribution in [0.4, 0.5) is 0 Å². The zero-order valence-corrected chi connectivity index (χ0v) is 12.5. The summed E-state index contributed by atoms with van der Waals surface area (Å²) in [5.74, 6) is 0.205. The minimum Gasteiger partial charge on any atom is -0.458 e. The Morgan fingerprint density at radius 1 is 1.33 bits per heavy atom. The van der Waals surface area contributed by atoms with Crippen molar-refractivity contribution in [3.63, 3.8) is 0 Å². The minimum absolute atomic E-state index is 0.0603. The summed E-state index contributed by atoms with van der Waals surface area (Å²) < 4.78 is 11.2. The van der Waals surface area contributed by atoms with Crippen molar-refractivity contribution < 1.29 is 14.3 Å². The van der Waals surface area contributed by atoms with E-state index < -0.39 is 0 Å². The van der Waals surface area contributed by atoms with Crippen molar-refractivity contribution in [3.8, 4) is 0 Å². The van der Waals surface area contributed by atoms with Gasteiger partial charge in [-0.3, -0.25) is 4.79 Å². The van der Waals surface area contributed by atoms with Gasteiger partial charge < -0.3 is 9.47 Å². The van der Waals surface area contributed by atoms with Gasteiger partial charge in [0, 0.05) is 13.0 Å². The van der Waals surface area contributed by atoms with Crippen LogP contribution in [0.3, 0.4) is 0 Å². The van der Waals surface area contributed by atoms with Crippen molar-refractivity contribution in [2.75, 3.05) is 13.7 Å². The van der Waals surface area contributed by atoms with Gasteiger partial charge in [-0.15, -0.1) is 0 Å². The normalized spacial score (nSPS) is 20.7. The molecule has 0 aromatic carbocycles. The van der Waals surface area contributed by atoms with Gasteiger partial charge in [0.2, 0.25) is 0 Å². The summed E-state index contributed by atoms with van der Waals surface area (Å²) in [6.07, 6.45) is 5.05. The first kappa shape index (κ1) is 15.5. The van der Waals surface area contributed by atoms with E-state index in [-0.39, 0.29) is 22.9 Å². The second-order valence-corrected chi connectivity index (χ2v) is 6.26. The molecule has 1 rings (SSSR count). The molecule has 1 saturated carbocycles. The molecule has 0 amide bonds. The molecule has 1 aliphatic rings. The molecule has 0 aromatic heterocycles. The van der Waals surface area contributed by atoms with Gasteiger partial charge >= 0.3 is 5.97 Å². The van der Waals surface area contributed by atoms with Crippen LogP contribution in [0.1, 0.15) is 59.8 Å². The lowest BCUT2D eigenvalue weighted by atomic mass is 9.85. The molecule has 0 radical (unpaired) electrons. The minimum atomic E-state index is -0.387. The van der Waals surface area contributed by atoms with Gasteiger partial charge in [0.25, 0.3) is 0 Å². The predicted octanol–water partition coefficient (Wildman–Crippen LogP) is 3.56. The van der Waals surface area contributed by atoms with Crippen molar-refractivity contribution in [3.05, 3.63) is 0 Å². The van der Waals surface area contributed by atoms with E-state index in [1.165, 1.54) is 0 Å². The van der Waals surface area contributed by atoms with Gasteiger partial charge in [0.1, 0.15) is 5.60 Å². The van der Waals surface area contributed by atoms with Crippen LogP contribution in [-0.4, -0.2) is 25.3 Å².